The summed E-state index contributed by atoms with van der Waals surface area (Å²) in [6.45, 7) is 4.08. The van der Waals surface area contributed by atoms with Crippen LogP contribution in [0.4, 0.5) is 0 Å². The van der Waals surface area contributed by atoms with Gasteiger partial charge in [0.1, 0.15) is 24.4 Å². The normalized spacial score (nSPS) is 20.3. The van der Waals surface area contributed by atoms with Crippen LogP contribution in [-0.4, -0.2) is 57.4 Å². The van der Waals surface area contributed by atoms with E-state index in [0.29, 0.717) is 24.8 Å². The molecule has 1 aliphatic heterocycles. The summed E-state index contributed by atoms with van der Waals surface area (Å²) in [7, 11) is 0. The number of nitrogens with one attached hydrogen (secondary N) is 4. The Labute approximate surface area is 247 Å². The minimum absolute atomic E-state index is 0.0711. The molecule has 0 unspecified atom stereocenters. The van der Waals surface area contributed by atoms with Crippen LogP contribution in [-0.2, 0) is 16.0 Å². The van der Waals surface area contributed by atoms with E-state index in [1.807, 2.05) is 44.2 Å². The van der Waals surface area contributed by atoms with Gasteiger partial charge in [-0.25, -0.2) is 9.97 Å². The zero-order valence-corrected chi connectivity index (χ0v) is 23.8. The van der Waals surface area contributed by atoms with E-state index in [1.54, 1.807) is 12.1 Å². The zero-order chi connectivity index (χ0) is 30.3. The van der Waals surface area contributed by atoms with Crippen LogP contribution in [0.1, 0.15) is 71.6 Å². The molecule has 224 valence electrons. The highest BCUT2D eigenvalue weighted by atomic mass is 16.5. The molecular weight excluding hydrogens is 554 g/mol. The average molecular weight is 588 g/mol. The third-order valence-electron chi connectivity index (χ3n) is 7.19. The first-order valence-electron chi connectivity index (χ1n) is 14.2. The van der Waals surface area contributed by atoms with Gasteiger partial charge in [0.05, 0.1) is 5.39 Å². The molecule has 0 fully saturated rings. The Morgan fingerprint density at radius 1 is 1.05 bits per heavy atom. The van der Waals surface area contributed by atoms with Crippen molar-refractivity contribution in [2.45, 2.75) is 57.7 Å². The minimum atomic E-state index is -1.01. The molecule has 3 aromatic heterocycles. The predicted molar refractivity (Wildman–Crippen MR) is 154 cm³/mol. The molecule has 3 atom stereocenters. The number of hydrogen-bond acceptors (Lipinski definition) is 9. The molecule has 1 aliphatic rings. The average Bonchev–Trinajstić information content (AvgIpc) is 3.66. The van der Waals surface area contributed by atoms with Crippen molar-refractivity contribution in [1.29, 1.82) is 0 Å². The standard InChI is InChI=1S/C30H33N7O6/c1-17(2)23-30-35-22(16-42-30)26(38)32-13-7-6-12-20(33-29(41)24-19-11-8-14-31-25(19)37-43-24)27(39)34-21(28(40)36-23)15-18-9-4-3-5-10-18/h3-5,8-11,14,16-17,20-21,23H,6-7,12-13,15H2,1-2H3,(H,32,38)(H,33,41)(H,34,39)(H,36,40)/t20-,21-,23-/m0/s1. The fraction of sp³-hybridized carbons (Fsp3) is 0.367. The molecule has 4 N–H and O–H groups in total. The van der Waals surface area contributed by atoms with Gasteiger partial charge in [0, 0.05) is 19.2 Å². The summed E-state index contributed by atoms with van der Waals surface area (Å²) in [5.41, 5.74) is 1.20. The summed E-state index contributed by atoms with van der Waals surface area (Å²) < 4.78 is 10.8. The number of hydrogen-bond donors (Lipinski definition) is 4. The Kier molecular flexibility index (Phi) is 9.08. The number of benzene rings is 1. The monoisotopic (exact) mass is 587 g/mol. The third kappa shape index (κ3) is 7.05. The molecule has 4 heterocycles. The second kappa shape index (κ2) is 13.3. The Morgan fingerprint density at radius 2 is 1.86 bits per heavy atom. The van der Waals surface area contributed by atoms with Crippen molar-refractivity contribution in [1.82, 2.24) is 36.4 Å². The van der Waals surface area contributed by atoms with Crippen molar-refractivity contribution in [3.63, 3.8) is 0 Å². The van der Waals surface area contributed by atoms with Crippen LogP contribution in [0.5, 0.6) is 0 Å². The van der Waals surface area contributed by atoms with Crippen LogP contribution in [0.25, 0.3) is 11.0 Å². The van der Waals surface area contributed by atoms with Crippen molar-refractivity contribution in [3.8, 4) is 0 Å². The summed E-state index contributed by atoms with van der Waals surface area (Å²) in [5, 5.41) is 15.6. The Hall–Kier alpha value is -5.07. The molecule has 0 aliphatic carbocycles. The molecule has 5 rings (SSSR count). The number of pyridine rings is 1. The minimum Gasteiger partial charge on any atom is -0.446 e. The zero-order valence-electron chi connectivity index (χ0n) is 23.8. The van der Waals surface area contributed by atoms with Gasteiger partial charge in [0.2, 0.25) is 29.1 Å². The Bertz CT molecular complexity index is 1600. The molecule has 4 amide bonds. The highest BCUT2D eigenvalue weighted by Crippen LogP contribution is 2.22. The number of oxazole rings is 1. The largest absolute Gasteiger partial charge is 0.446 e. The number of fused-ring (bicyclic) bond motifs is 3. The van der Waals surface area contributed by atoms with Crippen LogP contribution in [0.3, 0.4) is 0 Å². The molecule has 4 aromatic rings. The van der Waals surface area contributed by atoms with E-state index in [0.717, 1.165) is 5.56 Å². The van der Waals surface area contributed by atoms with Crippen LogP contribution in [0.2, 0.25) is 0 Å². The number of nitrogens with zero attached hydrogens (tertiary/aromatic N) is 3. The predicted octanol–water partition coefficient (Wildman–Crippen LogP) is 2.46. The van der Waals surface area contributed by atoms with Gasteiger partial charge in [-0.3, -0.25) is 19.2 Å². The quantitative estimate of drug-likeness (QED) is 0.273. The molecule has 2 bridgehead atoms. The van der Waals surface area contributed by atoms with Gasteiger partial charge < -0.3 is 30.2 Å². The van der Waals surface area contributed by atoms with Crippen molar-refractivity contribution < 1.29 is 28.1 Å². The smallest absolute Gasteiger partial charge is 0.291 e. The van der Waals surface area contributed by atoms with Gasteiger partial charge >= 0.3 is 0 Å². The Morgan fingerprint density at radius 3 is 2.65 bits per heavy atom. The van der Waals surface area contributed by atoms with E-state index >= 15 is 0 Å². The number of carbonyl (C=O) groups is 4. The topological polar surface area (TPSA) is 181 Å². The molecule has 0 saturated heterocycles. The fourth-order valence-electron chi connectivity index (χ4n) is 4.84. The van der Waals surface area contributed by atoms with E-state index in [-0.39, 0.29) is 41.8 Å². The van der Waals surface area contributed by atoms with Crippen molar-refractivity contribution >= 4 is 34.7 Å². The van der Waals surface area contributed by atoms with Gasteiger partial charge in [-0.2, -0.15) is 0 Å². The van der Waals surface area contributed by atoms with Crippen molar-refractivity contribution in [2.75, 3.05) is 6.54 Å². The maximum atomic E-state index is 13.7. The first-order chi connectivity index (χ1) is 20.8. The van der Waals surface area contributed by atoms with Crippen LogP contribution in [0.15, 0.2) is 63.9 Å². The van der Waals surface area contributed by atoms with Crippen molar-refractivity contribution in [3.05, 3.63) is 77.8 Å². The lowest BCUT2D eigenvalue weighted by Gasteiger charge is -2.26. The van der Waals surface area contributed by atoms with E-state index in [1.165, 1.54) is 12.5 Å². The first-order valence-corrected chi connectivity index (χ1v) is 14.2. The second-order valence-corrected chi connectivity index (χ2v) is 10.7. The number of aromatic nitrogens is 3. The lowest BCUT2D eigenvalue weighted by Crippen LogP contribution is -2.55. The van der Waals surface area contributed by atoms with E-state index in [4.69, 9.17) is 8.94 Å². The third-order valence-corrected chi connectivity index (χ3v) is 7.19. The molecule has 13 nitrogen and oxygen atoms in total. The lowest BCUT2D eigenvalue weighted by molar-refractivity contribution is -0.130. The fourth-order valence-corrected chi connectivity index (χ4v) is 4.84. The highest BCUT2D eigenvalue weighted by molar-refractivity contribution is 6.04. The molecule has 43 heavy (non-hydrogen) atoms. The van der Waals surface area contributed by atoms with Gasteiger partial charge in [0.25, 0.3) is 11.8 Å². The summed E-state index contributed by atoms with van der Waals surface area (Å²) in [4.78, 5) is 61.8. The van der Waals surface area contributed by atoms with Gasteiger partial charge in [-0.05, 0) is 42.9 Å². The van der Waals surface area contributed by atoms with Gasteiger partial charge in [-0.15, -0.1) is 0 Å². The van der Waals surface area contributed by atoms with Gasteiger partial charge in [-0.1, -0.05) is 49.3 Å². The summed E-state index contributed by atoms with van der Waals surface area (Å²) in [5.74, 6) is -2.09. The lowest BCUT2D eigenvalue weighted by atomic mass is 10.0. The SMILES string of the molecule is CC(C)[C@@H]1NC(=O)[C@H](Cc2ccccc2)NC(=O)[C@@H](NC(=O)c2onc3ncccc23)CCCCNC(=O)c2coc1n2. The first kappa shape index (κ1) is 29.4. The highest BCUT2D eigenvalue weighted by Gasteiger charge is 2.32. The van der Waals surface area contributed by atoms with E-state index in [9.17, 15) is 19.2 Å². The van der Waals surface area contributed by atoms with E-state index in [2.05, 4.69) is 36.4 Å². The number of rotatable bonds is 5. The van der Waals surface area contributed by atoms with Crippen LogP contribution >= 0.6 is 0 Å². The molecule has 0 spiro atoms. The summed E-state index contributed by atoms with van der Waals surface area (Å²) >= 11 is 0. The van der Waals surface area contributed by atoms with Gasteiger partial charge in [0.15, 0.2) is 5.69 Å². The molecule has 0 radical (unpaired) electrons. The second-order valence-electron chi connectivity index (χ2n) is 10.7. The number of carbonyl (C=O) groups excluding carboxylic acids is 4. The summed E-state index contributed by atoms with van der Waals surface area (Å²) in [6, 6.07) is 9.92. The van der Waals surface area contributed by atoms with Crippen LogP contribution < -0.4 is 21.3 Å². The number of amides is 4. The Balaban J connectivity index is 1.43. The summed E-state index contributed by atoms with van der Waals surface area (Å²) in [6.07, 6.45) is 4.23. The maximum Gasteiger partial charge on any atom is 0.291 e. The molecular formula is C30H33N7O6. The van der Waals surface area contributed by atoms with Crippen LogP contribution in [0, 0.1) is 5.92 Å². The molecule has 1 aromatic carbocycles. The van der Waals surface area contributed by atoms with E-state index < -0.39 is 41.8 Å². The van der Waals surface area contributed by atoms with Crippen molar-refractivity contribution in [2.24, 2.45) is 5.92 Å². The molecule has 0 saturated carbocycles. The maximum absolute atomic E-state index is 13.7. The molecule has 13 heteroatoms.